The van der Waals surface area contributed by atoms with Crippen LogP contribution in [0.5, 0.6) is 0 Å². The number of carbonyl (C=O) groups excluding carboxylic acids is 2. The Morgan fingerprint density at radius 2 is 1.84 bits per heavy atom. The molecule has 1 atom stereocenters. The molecule has 5 nitrogen and oxygen atoms in total. The highest BCUT2D eigenvalue weighted by molar-refractivity contribution is 5.78. The minimum absolute atomic E-state index is 0.0966. The molecule has 0 aliphatic heterocycles. The first-order valence-electron chi connectivity index (χ1n) is 5.88. The van der Waals surface area contributed by atoms with Crippen molar-refractivity contribution in [2.45, 2.75) is 57.2 Å². The van der Waals surface area contributed by atoms with Gasteiger partial charge in [0.2, 0.25) is 0 Å². The summed E-state index contributed by atoms with van der Waals surface area (Å²) in [4.78, 5) is 30.8. The van der Waals surface area contributed by atoms with Crippen LogP contribution in [0.2, 0.25) is 0 Å². The van der Waals surface area contributed by atoms with Gasteiger partial charge in [-0.15, -0.1) is 0 Å². The lowest BCUT2D eigenvalue weighted by atomic mass is 9.87. The fourth-order valence-corrected chi connectivity index (χ4v) is 1.74. The summed E-state index contributed by atoms with van der Waals surface area (Å²) in [5.41, 5.74) is -3.21. The lowest BCUT2D eigenvalue weighted by molar-refractivity contribution is -0.615. The molecule has 1 unspecified atom stereocenters. The molecule has 0 aromatic rings. The number of rotatable bonds is 9. The SMILES string of the molecule is CCCC(=O)CCC(CCC=O)([N+](=O)[O-])C(F)(F)F. The van der Waals surface area contributed by atoms with Crippen molar-refractivity contribution in [2.75, 3.05) is 0 Å². The molecule has 0 aliphatic rings. The number of aldehydes is 1. The second-order valence-corrected chi connectivity index (χ2v) is 4.28. The van der Waals surface area contributed by atoms with Gasteiger partial charge in [0.1, 0.15) is 12.1 Å². The van der Waals surface area contributed by atoms with Gasteiger partial charge < -0.3 is 4.79 Å². The van der Waals surface area contributed by atoms with Crippen molar-refractivity contribution in [3.05, 3.63) is 10.1 Å². The van der Waals surface area contributed by atoms with E-state index in [4.69, 9.17) is 0 Å². The molecule has 0 radical (unpaired) electrons. The lowest BCUT2D eigenvalue weighted by Crippen LogP contribution is -2.52. The summed E-state index contributed by atoms with van der Waals surface area (Å²) in [6.07, 6.45) is -7.24. The molecule has 0 saturated heterocycles. The summed E-state index contributed by atoms with van der Waals surface area (Å²) < 4.78 is 38.8. The monoisotopic (exact) mass is 283 g/mol. The van der Waals surface area contributed by atoms with E-state index in [1.54, 1.807) is 6.92 Å². The molecular weight excluding hydrogens is 267 g/mol. The van der Waals surface area contributed by atoms with E-state index < -0.39 is 48.1 Å². The third-order valence-corrected chi connectivity index (χ3v) is 2.90. The van der Waals surface area contributed by atoms with Gasteiger partial charge in [-0.2, -0.15) is 13.2 Å². The van der Waals surface area contributed by atoms with Gasteiger partial charge in [-0.1, -0.05) is 6.92 Å². The van der Waals surface area contributed by atoms with Crippen LogP contribution < -0.4 is 0 Å². The average molecular weight is 283 g/mol. The number of nitro groups is 1. The van der Waals surface area contributed by atoms with Crippen molar-refractivity contribution < 1.29 is 27.7 Å². The molecule has 110 valence electrons. The summed E-state index contributed by atoms with van der Waals surface area (Å²) in [7, 11) is 0. The summed E-state index contributed by atoms with van der Waals surface area (Å²) in [5, 5.41) is 10.8. The molecular formula is C11H16F3NO4. The van der Waals surface area contributed by atoms with Gasteiger partial charge in [-0.3, -0.25) is 14.9 Å². The number of carbonyl (C=O) groups is 2. The van der Waals surface area contributed by atoms with Crippen LogP contribution in [-0.4, -0.2) is 28.7 Å². The first kappa shape index (κ1) is 17.5. The molecule has 0 rings (SSSR count). The highest BCUT2D eigenvalue weighted by Gasteiger charge is 2.64. The molecule has 0 spiro atoms. The second kappa shape index (κ2) is 7.20. The standard InChI is InChI=1S/C11H16F3NO4/c1-2-4-9(17)5-7-10(15(18)19,6-3-8-16)11(12,13)14/h8H,2-7H2,1H3. The van der Waals surface area contributed by atoms with Crippen LogP contribution in [0.4, 0.5) is 13.2 Å². The van der Waals surface area contributed by atoms with Crippen LogP contribution in [0.15, 0.2) is 0 Å². The molecule has 0 aromatic heterocycles. The van der Waals surface area contributed by atoms with Crippen molar-refractivity contribution in [1.82, 2.24) is 0 Å². The molecule has 0 bridgehead atoms. The van der Waals surface area contributed by atoms with Gasteiger partial charge in [0, 0.05) is 37.0 Å². The Labute approximate surface area is 108 Å². The molecule has 0 N–H and O–H groups in total. The second-order valence-electron chi connectivity index (χ2n) is 4.28. The first-order valence-corrected chi connectivity index (χ1v) is 5.88. The number of alkyl halides is 3. The Morgan fingerprint density at radius 3 is 2.21 bits per heavy atom. The molecule has 0 amide bonds. The topological polar surface area (TPSA) is 77.3 Å². The minimum atomic E-state index is -5.09. The van der Waals surface area contributed by atoms with E-state index in [-0.39, 0.29) is 12.7 Å². The van der Waals surface area contributed by atoms with E-state index in [0.29, 0.717) is 6.42 Å². The molecule has 0 aliphatic carbocycles. The number of ketones is 1. The van der Waals surface area contributed by atoms with Crippen molar-refractivity contribution in [2.24, 2.45) is 0 Å². The number of Topliss-reactive ketones (excluding diaryl/α,β-unsaturated/α-hetero) is 1. The van der Waals surface area contributed by atoms with E-state index in [1.807, 2.05) is 0 Å². The zero-order valence-corrected chi connectivity index (χ0v) is 10.5. The van der Waals surface area contributed by atoms with E-state index in [1.165, 1.54) is 0 Å². The Kier molecular flexibility index (Phi) is 6.64. The molecule has 19 heavy (non-hydrogen) atoms. The largest absolute Gasteiger partial charge is 0.460 e. The van der Waals surface area contributed by atoms with Crippen LogP contribution in [0.3, 0.4) is 0 Å². The maximum absolute atomic E-state index is 12.9. The van der Waals surface area contributed by atoms with Crippen molar-refractivity contribution in [3.8, 4) is 0 Å². The third kappa shape index (κ3) is 4.60. The fraction of sp³-hybridized carbons (Fsp3) is 0.818. The maximum Gasteiger partial charge on any atom is 0.460 e. The number of hydrogen-bond donors (Lipinski definition) is 0. The number of halogens is 3. The van der Waals surface area contributed by atoms with Crippen LogP contribution in [0.25, 0.3) is 0 Å². The van der Waals surface area contributed by atoms with Crippen LogP contribution >= 0.6 is 0 Å². The van der Waals surface area contributed by atoms with Gasteiger partial charge in [-0.25, -0.2) is 0 Å². The van der Waals surface area contributed by atoms with Gasteiger partial charge in [0.25, 0.3) is 0 Å². The Hall–Kier alpha value is -1.47. The molecule has 0 aromatic carbocycles. The summed E-state index contributed by atoms with van der Waals surface area (Å²) in [6.45, 7) is 1.69. The Bertz CT molecular complexity index is 343. The molecule has 0 heterocycles. The van der Waals surface area contributed by atoms with Crippen LogP contribution in [-0.2, 0) is 9.59 Å². The van der Waals surface area contributed by atoms with E-state index >= 15 is 0 Å². The van der Waals surface area contributed by atoms with Gasteiger partial charge >= 0.3 is 11.7 Å². The van der Waals surface area contributed by atoms with E-state index in [9.17, 15) is 32.9 Å². The lowest BCUT2D eigenvalue weighted by Gasteiger charge is -2.26. The number of nitrogens with zero attached hydrogens (tertiary/aromatic N) is 1. The Morgan fingerprint density at radius 1 is 1.26 bits per heavy atom. The van der Waals surface area contributed by atoms with Crippen LogP contribution in [0, 0.1) is 10.1 Å². The summed E-state index contributed by atoms with van der Waals surface area (Å²) in [5.74, 6) is -0.441. The fourth-order valence-electron chi connectivity index (χ4n) is 1.74. The molecule has 0 saturated carbocycles. The van der Waals surface area contributed by atoms with Crippen molar-refractivity contribution in [1.29, 1.82) is 0 Å². The van der Waals surface area contributed by atoms with Gasteiger partial charge in [0.05, 0.1) is 0 Å². The highest BCUT2D eigenvalue weighted by atomic mass is 19.4. The predicted molar refractivity (Wildman–Crippen MR) is 60.2 cm³/mol. The third-order valence-electron chi connectivity index (χ3n) is 2.90. The van der Waals surface area contributed by atoms with Gasteiger partial charge in [0.15, 0.2) is 0 Å². The van der Waals surface area contributed by atoms with Crippen molar-refractivity contribution in [3.63, 3.8) is 0 Å². The van der Waals surface area contributed by atoms with E-state index in [0.717, 1.165) is 0 Å². The predicted octanol–water partition coefficient (Wildman–Crippen LogP) is 2.69. The van der Waals surface area contributed by atoms with E-state index in [2.05, 4.69) is 0 Å². The quantitative estimate of drug-likeness (QED) is 0.370. The Balaban J connectivity index is 5.07. The average Bonchev–Trinajstić information content (AvgIpc) is 2.27. The summed E-state index contributed by atoms with van der Waals surface area (Å²) in [6, 6.07) is 0. The zero-order valence-electron chi connectivity index (χ0n) is 10.5. The molecule has 8 heteroatoms. The summed E-state index contributed by atoms with van der Waals surface area (Å²) >= 11 is 0. The zero-order chi connectivity index (χ0) is 15.1. The van der Waals surface area contributed by atoms with Crippen LogP contribution in [0.1, 0.15) is 45.4 Å². The number of hydrogen-bond acceptors (Lipinski definition) is 4. The molecule has 0 fully saturated rings. The van der Waals surface area contributed by atoms with Gasteiger partial charge in [-0.05, 0) is 6.42 Å². The minimum Gasteiger partial charge on any atom is -0.303 e. The first-order chi connectivity index (χ1) is 8.71. The smallest absolute Gasteiger partial charge is 0.303 e. The van der Waals surface area contributed by atoms with Crippen molar-refractivity contribution >= 4 is 12.1 Å². The maximum atomic E-state index is 12.9. The highest BCUT2D eigenvalue weighted by Crippen LogP contribution is 2.40. The normalized spacial score (nSPS) is 14.7.